The first kappa shape index (κ1) is 12.8. The minimum absolute atomic E-state index is 0.203. The number of nitrogens with one attached hydrogen (secondary N) is 1. The molecule has 0 spiro atoms. The fourth-order valence-electron chi connectivity index (χ4n) is 2.86. The van der Waals surface area contributed by atoms with Crippen molar-refractivity contribution in [3.8, 4) is 11.5 Å². The molecule has 104 valence electrons. The Kier molecular flexibility index (Phi) is 3.89. The third-order valence-corrected chi connectivity index (χ3v) is 3.93. The number of rotatable bonds is 3. The molecule has 2 atom stereocenters. The van der Waals surface area contributed by atoms with Crippen LogP contribution in [0.25, 0.3) is 0 Å². The highest BCUT2D eigenvalue weighted by molar-refractivity contribution is 5.47. The van der Waals surface area contributed by atoms with Crippen LogP contribution in [0.3, 0.4) is 0 Å². The van der Waals surface area contributed by atoms with Gasteiger partial charge in [0.2, 0.25) is 0 Å². The average molecular weight is 263 g/mol. The van der Waals surface area contributed by atoms with E-state index >= 15 is 0 Å². The molecule has 2 aliphatic rings. The van der Waals surface area contributed by atoms with Crippen LogP contribution in [0, 0.1) is 0 Å². The first-order chi connectivity index (χ1) is 9.34. The summed E-state index contributed by atoms with van der Waals surface area (Å²) >= 11 is 0. The van der Waals surface area contributed by atoms with Crippen LogP contribution in [-0.4, -0.2) is 30.5 Å². The van der Waals surface area contributed by atoms with Crippen molar-refractivity contribution in [2.45, 2.75) is 44.4 Å². The molecule has 0 aromatic heterocycles. The van der Waals surface area contributed by atoms with E-state index in [1.807, 2.05) is 12.1 Å². The minimum Gasteiger partial charge on any atom is -0.486 e. The van der Waals surface area contributed by atoms with Crippen LogP contribution in [0.15, 0.2) is 18.2 Å². The van der Waals surface area contributed by atoms with Crippen molar-refractivity contribution in [1.29, 1.82) is 0 Å². The van der Waals surface area contributed by atoms with E-state index in [9.17, 15) is 5.11 Å². The Morgan fingerprint density at radius 1 is 1.16 bits per heavy atom. The molecular weight excluding hydrogens is 242 g/mol. The van der Waals surface area contributed by atoms with Crippen LogP contribution in [0.4, 0.5) is 0 Å². The molecule has 0 unspecified atom stereocenters. The zero-order valence-corrected chi connectivity index (χ0v) is 11.1. The van der Waals surface area contributed by atoms with Gasteiger partial charge in [-0.2, -0.15) is 0 Å². The summed E-state index contributed by atoms with van der Waals surface area (Å²) in [6.45, 7) is 1.94. The van der Waals surface area contributed by atoms with Gasteiger partial charge in [0.1, 0.15) is 13.2 Å². The summed E-state index contributed by atoms with van der Waals surface area (Å²) in [5, 5.41) is 13.4. The lowest BCUT2D eigenvalue weighted by atomic mass is 9.92. The van der Waals surface area contributed by atoms with E-state index in [1.165, 1.54) is 6.42 Å². The lowest BCUT2D eigenvalue weighted by Crippen LogP contribution is -2.41. The number of fused-ring (bicyclic) bond motifs is 1. The predicted octanol–water partition coefficient (Wildman–Crippen LogP) is 1.85. The molecule has 1 heterocycles. The summed E-state index contributed by atoms with van der Waals surface area (Å²) in [6.07, 6.45) is 4.07. The monoisotopic (exact) mass is 263 g/mol. The predicted molar refractivity (Wildman–Crippen MR) is 72.5 cm³/mol. The van der Waals surface area contributed by atoms with Gasteiger partial charge in [-0.15, -0.1) is 0 Å². The van der Waals surface area contributed by atoms with Gasteiger partial charge in [-0.3, -0.25) is 0 Å². The third kappa shape index (κ3) is 2.85. The maximum atomic E-state index is 9.97. The Balaban J connectivity index is 1.66. The van der Waals surface area contributed by atoms with E-state index in [4.69, 9.17) is 9.47 Å². The summed E-state index contributed by atoms with van der Waals surface area (Å²) in [6, 6.07) is 6.18. The Bertz CT molecular complexity index is 435. The highest BCUT2D eigenvalue weighted by Crippen LogP contribution is 2.33. The van der Waals surface area contributed by atoms with Crippen LogP contribution < -0.4 is 14.8 Å². The normalized spacial score (nSPS) is 26.2. The molecule has 0 amide bonds. The average Bonchev–Trinajstić information content (AvgIpc) is 2.46. The molecule has 1 saturated carbocycles. The van der Waals surface area contributed by atoms with E-state index in [2.05, 4.69) is 11.4 Å². The topological polar surface area (TPSA) is 50.7 Å². The number of para-hydroxylation sites is 1. The van der Waals surface area contributed by atoms with Gasteiger partial charge < -0.3 is 19.9 Å². The number of ether oxygens (including phenoxy) is 2. The fraction of sp³-hybridized carbons (Fsp3) is 0.600. The summed E-state index contributed by atoms with van der Waals surface area (Å²) < 4.78 is 11.3. The summed E-state index contributed by atoms with van der Waals surface area (Å²) in [4.78, 5) is 0. The zero-order chi connectivity index (χ0) is 13.1. The second-order valence-electron chi connectivity index (χ2n) is 5.28. The second-order valence-corrected chi connectivity index (χ2v) is 5.28. The summed E-state index contributed by atoms with van der Waals surface area (Å²) in [7, 11) is 0. The van der Waals surface area contributed by atoms with Gasteiger partial charge in [0, 0.05) is 18.2 Å². The maximum absolute atomic E-state index is 9.97. The Hall–Kier alpha value is -1.26. The minimum atomic E-state index is -0.217. The molecule has 4 nitrogen and oxygen atoms in total. The van der Waals surface area contributed by atoms with Crippen molar-refractivity contribution in [2.75, 3.05) is 13.2 Å². The van der Waals surface area contributed by atoms with Gasteiger partial charge >= 0.3 is 0 Å². The molecule has 1 aliphatic heterocycles. The van der Waals surface area contributed by atoms with Crippen molar-refractivity contribution < 1.29 is 14.6 Å². The largest absolute Gasteiger partial charge is 0.486 e. The fourth-order valence-corrected chi connectivity index (χ4v) is 2.86. The van der Waals surface area contributed by atoms with E-state index < -0.39 is 0 Å². The van der Waals surface area contributed by atoms with Gasteiger partial charge in [-0.1, -0.05) is 25.0 Å². The molecule has 2 N–H and O–H groups in total. The molecule has 1 aliphatic carbocycles. The quantitative estimate of drug-likeness (QED) is 0.874. The lowest BCUT2D eigenvalue weighted by molar-refractivity contribution is 0.0899. The van der Waals surface area contributed by atoms with E-state index in [0.717, 1.165) is 36.3 Å². The molecule has 3 rings (SSSR count). The van der Waals surface area contributed by atoms with Gasteiger partial charge in [0.25, 0.3) is 0 Å². The van der Waals surface area contributed by atoms with Crippen LogP contribution in [0.5, 0.6) is 11.5 Å². The van der Waals surface area contributed by atoms with E-state index in [-0.39, 0.29) is 12.1 Å². The summed E-state index contributed by atoms with van der Waals surface area (Å²) in [5.74, 6) is 1.68. The number of hydrogen-bond donors (Lipinski definition) is 2. The van der Waals surface area contributed by atoms with Crippen molar-refractivity contribution in [3.63, 3.8) is 0 Å². The van der Waals surface area contributed by atoms with Crippen molar-refractivity contribution in [3.05, 3.63) is 23.8 Å². The first-order valence-electron chi connectivity index (χ1n) is 7.13. The highest BCUT2D eigenvalue weighted by atomic mass is 16.6. The number of hydrogen-bond acceptors (Lipinski definition) is 4. The van der Waals surface area contributed by atoms with Crippen molar-refractivity contribution in [2.24, 2.45) is 0 Å². The smallest absolute Gasteiger partial charge is 0.165 e. The maximum Gasteiger partial charge on any atom is 0.165 e. The van der Waals surface area contributed by atoms with Crippen LogP contribution in [-0.2, 0) is 6.54 Å². The Morgan fingerprint density at radius 2 is 2.00 bits per heavy atom. The SMILES string of the molecule is O[C@@H]1CCCC[C@@H]1NCc1cccc2c1OCCO2. The number of aliphatic hydroxyl groups is 1. The van der Waals surface area contributed by atoms with Crippen LogP contribution in [0.2, 0.25) is 0 Å². The molecule has 19 heavy (non-hydrogen) atoms. The molecule has 1 aromatic rings. The van der Waals surface area contributed by atoms with Crippen molar-refractivity contribution in [1.82, 2.24) is 5.32 Å². The van der Waals surface area contributed by atoms with Crippen LogP contribution >= 0.6 is 0 Å². The Labute approximate surface area is 113 Å². The number of benzene rings is 1. The first-order valence-corrected chi connectivity index (χ1v) is 7.13. The van der Waals surface area contributed by atoms with Crippen LogP contribution in [0.1, 0.15) is 31.2 Å². The standard InChI is InChI=1S/C15H21NO3/c17-13-6-2-1-5-12(13)16-10-11-4-3-7-14-15(11)19-9-8-18-14/h3-4,7,12-13,16-17H,1-2,5-6,8-10H2/t12-,13+/m0/s1. The molecule has 0 radical (unpaired) electrons. The van der Waals surface area contributed by atoms with E-state index in [0.29, 0.717) is 19.8 Å². The third-order valence-electron chi connectivity index (χ3n) is 3.93. The molecule has 1 fully saturated rings. The second kappa shape index (κ2) is 5.80. The molecule has 0 bridgehead atoms. The lowest BCUT2D eigenvalue weighted by Gasteiger charge is -2.29. The van der Waals surface area contributed by atoms with Crippen molar-refractivity contribution >= 4 is 0 Å². The molecular formula is C15H21NO3. The summed E-state index contributed by atoms with van der Waals surface area (Å²) in [5.41, 5.74) is 1.11. The number of aliphatic hydroxyl groups excluding tert-OH is 1. The molecule has 0 saturated heterocycles. The molecule has 1 aromatic carbocycles. The van der Waals surface area contributed by atoms with Gasteiger partial charge in [-0.05, 0) is 18.9 Å². The molecule has 4 heteroatoms. The van der Waals surface area contributed by atoms with Gasteiger partial charge in [-0.25, -0.2) is 0 Å². The zero-order valence-electron chi connectivity index (χ0n) is 11.1. The Morgan fingerprint density at radius 3 is 2.89 bits per heavy atom. The van der Waals surface area contributed by atoms with Gasteiger partial charge in [0.05, 0.1) is 6.10 Å². The highest BCUT2D eigenvalue weighted by Gasteiger charge is 2.23. The van der Waals surface area contributed by atoms with E-state index in [1.54, 1.807) is 0 Å². The van der Waals surface area contributed by atoms with Gasteiger partial charge in [0.15, 0.2) is 11.5 Å².